The van der Waals surface area contributed by atoms with Gasteiger partial charge in [0.05, 0.1) is 5.69 Å². The number of aryl methyl sites for hydroxylation is 1. The molecule has 0 saturated heterocycles. The molecule has 1 N–H and O–H groups in total. The SMILES string of the molecule is CCCC(OCC)c1nc(C)cc(CNCC)n1. The minimum absolute atomic E-state index is 0.0280. The Bertz CT molecular complexity index is 349. The number of hydrogen-bond acceptors (Lipinski definition) is 4. The molecule has 0 spiro atoms. The summed E-state index contributed by atoms with van der Waals surface area (Å²) in [6, 6.07) is 2.03. The molecule has 0 saturated carbocycles. The van der Waals surface area contributed by atoms with Gasteiger partial charge in [0.25, 0.3) is 0 Å². The van der Waals surface area contributed by atoms with E-state index < -0.39 is 0 Å². The highest BCUT2D eigenvalue weighted by Crippen LogP contribution is 2.20. The van der Waals surface area contributed by atoms with E-state index >= 15 is 0 Å². The summed E-state index contributed by atoms with van der Waals surface area (Å²) < 4.78 is 5.74. The Hall–Kier alpha value is -1.00. The smallest absolute Gasteiger partial charge is 0.157 e. The zero-order valence-electron chi connectivity index (χ0n) is 12.0. The summed E-state index contributed by atoms with van der Waals surface area (Å²) in [4.78, 5) is 9.13. The maximum atomic E-state index is 5.74. The number of aromatic nitrogens is 2. The lowest BCUT2D eigenvalue weighted by molar-refractivity contribution is 0.0491. The van der Waals surface area contributed by atoms with Gasteiger partial charge >= 0.3 is 0 Å². The standard InChI is InChI=1S/C14H25N3O/c1-5-8-13(18-7-3)14-16-11(4)9-12(17-14)10-15-6-2/h9,13,15H,5-8,10H2,1-4H3. The van der Waals surface area contributed by atoms with Crippen molar-refractivity contribution in [2.24, 2.45) is 0 Å². The fourth-order valence-corrected chi connectivity index (χ4v) is 1.90. The summed E-state index contributed by atoms with van der Waals surface area (Å²) in [5, 5.41) is 3.29. The highest BCUT2D eigenvalue weighted by atomic mass is 16.5. The molecule has 0 radical (unpaired) electrons. The molecule has 1 aromatic rings. The van der Waals surface area contributed by atoms with Crippen molar-refractivity contribution in [1.29, 1.82) is 0 Å². The molecule has 0 fully saturated rings. The molecule has 0 aliphatic heterocycles. The summed E-state index contributed by atoms with van der Waals surface area (Å²) >= 11 is 0. The van der Waals surface area contributed by atoms with Gasteiger partial charge in [-0.3, -0.25) is 0 Å². The molecule has 1 aromatic heterocycles. The number of rotatable bonds is 8. The molecule has 18 heavy (non-hydrogen) atoms. The van der Waals surface area contributed by atoms with Crippen LogP contribution in [-0.4, -0.2) is 23.1 Å². The number of nitrogens with zero attached hydrogens (tertiary/aromatic N) is 2. The summed E-state index contributed by atoms with van der Waals surface area (Å²) in [6.45, 7) is 10.7. The van der Waals surface area contributed by atoms with E-state index in [2.05, 4.69) is 29.1 Å². The normalized spacial score (nSPS) is 12.7. The minimum Gasteiger partial charge on any atom is -0.371 e. The van der Waals surface area contributed by atoms with Gasteiger partial charge in [-0.05, 0) is 32.9 Å². The van der Waals surface area contributed by atoms with Crippen molar-refractivity contribution in [2.45, 2.75) is 53.2 Å². The topological polar surface area (TPSA) is 47.0 Å². The highest BCUT2D eigenvalue weighted by molar-refractivity contribution is 5.11. The summed E-state index contributed by atoms with van der Waals surface area (Å²) in [6.07, 6.45) is 2.07. The summed E-state index contributed by atoms with van der Waals surface area (Å²) in [7, 11) is 0. The Morgan fingerprint density at radius 3 is 2.67 bits per heavy atom. The highest BCUT2D eigenvalue weighted by Gasteiger charge is 2.15. The quantitative estimate of drug-likeness (QED) is 0.771. The van der Waals surface area contributed by atoms with E-state index in [1.54, 1.807) is 0 Å². The number of hydrogen-bond donors (Lipinski definition) is 1. The Morgan fingerprint density at radius 1 is 1.28 bits per heavy atom. The third kappa shape index (κ3) is 4.70. The van der Waals surface area contributed by atoms with Crippen molar-refractivity contribution in [1.82, 2.24) is 15.3 Å². The van der Waals surface area contributed by atoms with Gasteiger partial charge in [-0.1, -0.05) is 20.3 Å². The first-order valence-corrected chi connectivity index (χ1v) is 6.88. The molecular formula is C14H25N3O. The zero-order chi connectivity index (χ0) is 13.4. The molecular weight excluding hydrogens is 226 g/mol. The van der Waals surface area contributed by atoms with Crippen LogP contribution in [0.3, 0.4) is 0 Å². The molecule has 0 aliphatic rings. The van der Waals surface area contributed by atoms with Crippen LogP contribution in [0.4, 0.5) is 0 Å². The summed E-state index contributed by atoms with van der Waals surface area (Å²) in [5.41, 5.74) is 2.05. The lowest BCUT2D eigenvalue weighted by Gasteiger charge is -2.16. The average Bonchev–Trinajstić information content (AvgIpc) is 2.35. The van der Waals surface area contributed by atoms with E-state index in [0.29, 0.717) is 6.61 Å². The predicted octanol–water partition coefficient (Wildman–Crippen LogP) is 2.77. The van der Waals surface area contributed by atoms with E-state index in [1.165, 1.54) is 0 Å². The molecule has 0 bridgehead atoms. The second kappa shape index (κ2) is 8.16. The molecule has 0 aromatic carbocycles. The molecule has 1 heterocycles. The first-order chi connectivity index (χ1) is 8.71. The van der Waals surface area contributed by atoms with Gasteiger partial charge in [-0.15, -0.1) is 0 Å². The van der Waals surface area contributed by atoms with Crippen molar-refractivity contribution >= 4 is 0 Å². The van der Waals surface area contributed by atoms with Gasteiger partial charge in [0.1, 0.15) is 6.10 Å². The molecule has 4 heteroatoms. The lowest BCUT2D eigenvalue weighted by Crippen LogP contribution is -2.16. The molecule has 1 unspecified atom stereocenters. The molecule has 1 rings (SSSR count). The van der Waals surface area contributed by atoms with Crippen molar-refractivity contribution in [2.75, 3.05) is 13.2 Å². The van der Waals surface area contributed by atoms with Crippen LogP contribution in [0.2, 0.25) is 0 Å². The van der Waals surface area contributed by atoms with E-state index in [-0.39, 0.29) is 6.10 Å². The van der Waals surface area contributed by atoms with E-state index in [0.717, 1.165) is 43.1 Å². The average molecular weight is 251 g/mol. The predicted molar refractivity (Wildman–Crippen MR) is 73.4 cm³/mol. The maximum Gasteiger partial charge on any atom is 0.157 e. The Morgan fingerprint density at radius 2 is 2.06 bits per heavy atom. The second-order valence-electron chi connectivity index (χ2n) is 4.37. The number of nitrogens with one attached hydrogen (secondary N) is 1. The van der Waals surface area contributed by atoms with Crippen LogP contribution in [0, 0.1) is 6.92 Å². The Kier molecular flexibility index (Phi) is 6.83. The van der Waals surface area contributed by atoms with Gasteiger partial charge in [0.15, 0.2) is 5.82 Å². The first kappa shape index (κ1) is 15.1. The van der Waals surface area contributed by atoms with Crippen LogP contribution in [0.1, 0.15) is 56.9 Å². The van der Waals surface area contributed by atoms with Crippen molar-refractivity contribution in [3.8, 4) is 0 Å². The monoisotopic (exact) mass is 251 g/mol. The fourth-order valence-electron chi connectivity index (χ4n) is 1.90. The molecule has 0 amide bonds. The third-order valence-corrected chi connectivity index (χ3v) is 2.69. The zero-order valence-corrected chi connectivity index (χ0v) is 12.0. The van der Waals surface area contributed by atoms with Gasteiger partial charge in [-0.2, -0.15) is 0 Å². The minimum atomic E-state index is 0.0280. The van der Waals surface area contributed by atoms with Crippen LogP contribution in [-0.2, 0) is 11.3 Å². The van der Waals surface area contributed by atoms with Crippen LogP contribution < -0.4 is 5.32 Å². The van der Waals surface area contributed by atoms with E-state index in [4.69, 9.17) is 4.74 Å². The van der Waals surface area contributed by atoms with Crippen LogP contribution in [0.15, 0.2) is 6.07 Å². The molecule has 0 aliphatic carbocycles. The number of ether oxygens (including phenoxy) is 1. The van der Waals surface area contributed by atoms with Gasteiger partial charge in [0, 0.05) is 18.8 Å². The second-order valence-corrected chi connectivity index (χ2v) is 4.37. The van der Waals surface area contributed by atoms with Crippen LogP contribution >= 0.6 is 0 Å². The van der Waals surface area contributed by atoms with Crippen LogP contribution in [0.25, 0.3) is 0 Å². The molecule has 4 nitrogen and oxygen atoms in total. The Labute approximate surface area is 110 Å². The third-order valence-electron chi connectivity index (χ3n) is 2.69. The van der Waals surface area contributed by atoms with Crippen molar-refractivity contribution in [3.05, 3.63) is 23.3 Å². The molecule has 1 atom stereocenters. The first-order valence-electron chi connectivity index (χ1n) is 6.88. The largest absolute Gasteiger partial charge is 0.371 e. The van der Waals surface area contributed by atoms with E-state index in [9.17, 15) is 0 Å². The Balaban J connectivity index is 2.87. The van der Waals surface area contributed by atoms with Crippen molar-refractivity contribution < 1.29 is 4.74 Å². The van der Waals surface area contributed by atoms with E-state index in [1.807, 2.05) is 19.9 Å². The lowest BCUT2D eigenvalue weighted by atomic mass is 10.2. The van der Waals surface area contributed by atoms with Crippen molar-refractivity contribution in [3.63, 3.8) is 0 Å². The fraction of sp³-hybridized carbons (Fsp3) is 0.714. The molecule has 102 valence electrons. The van der Waals surface area contributed by atoms with Gasteiger partial charge in [-0.25, -0.2) is 9.97 Å². The summed E-state index contributed by atoms with van der Waals surface area (Å²) in [5.74, 6) is 0.826. The maximum absolute atomic E-state index is 5.74. The van der Waals surface area contributed by atoms with Crippen LogP contribution in [0.5, 0.6) is 0 Å². The van der Waals surface area contributed by atoms with Gasteiger partial charge < -0.3 is 10.1 Å². The van der Waals surface area contributed by atoms with Gasteiger partial charge in [0.2, 0.25) is 0 Å².